The van der Waals surface area contributed by atoms with E-state index in [9.17, 15) is 0 Å². The number of rotatable bonds is 8. The van der Waals surface area contributed by atoms with Gasteiger partial charge in [-0.05, 0) is 29.7 Å². The standard InChI is InChI=1S/C14H20O2Si/c1-4-13-7-6-8-14(9-13)11-16-17-12(3)10-15-5-2/h4,6-9,12H,1,5,10-11H2,2-3H3. The maximum absolute atomic E-state index is 5.69. The Labute approximate surface area is 107 Å². The maximum atomic E-state index is 5.69. The Hall–Kier alpha value is -0.903. The van der Waals surface area contributed by atoms with Crippen molar-refractivity contribution in [1.82, 2.24) is 0 Å². The van der Waals surface area contributed by atoms with Gasteiger partial charge in [0.2, 0.25) is 9.76 Å². The zero-order valence-electron chi connectivity index (χ0n) is 10.6. The lowest BCUT2D eigenvalue weighted by atomic mass is 10.1. The second-order valence-corrected chi connectivity index (χ2v) is 5.43. The lowest BCUT2D eigenvalue weighted by Crippen LogP contribution is -2.11. The van der Waals surface area contributed by atoms with E-state index in [1.54, 1.807) is 0 Å². The second kappa shape index (κ2) is 8.23. The van der Waals surface area contributed by atoms with Crippen LogP contribution in [0.15, 0.2) is 30.8 Å². The van der Waals surface area contributed by atoms with Gasteiger partial charge in [0.15, 0.2) is 0 Å². The zero-order valence-corrected chi connectivity index (χ0v) is 11.6. The van der Waals surface area contributed by atoms with Gasteiger partial charge in [-0.2, -0.15) is 0 Å². The fraction of sp³-hybridized carbons (Fsp3) is 0.429. The van der Waals surface area contributed by atoms with Crippen LogP contribution in [0.25, 0.3) is 6.08 Å². The number of hydrogen-bond acceptors (Lipinski definition) is 2. The molecule has 0 aliphatic heterocycles. The van der Waals surface area contributed by atoms with Crippen LogP contribution < -0.4 is 0 Å². The maximum Gasteiger partial charge on any atom is 0.235 e. The Morgan fingerprint density at radius 1 is 1.47 bits per heavy atom. The van der Waals surface area contributed by atoms with Crippen molar-refractivity contribution in [3.63, 3.8) is 0 Å². The Morgan fingerprint density at radius 3 is 3.00 bits per heavy atom. The highest BCUT2D eigenvalue weighted by Gasteiger charge is 2.05. The summed E-state index contributed by atoms with van der Waals surface area (Å²) in [6, 6.07) is 8.24. The molecule has 2 nitrogen and oxygen atoms in total. The summed E-state index contributed by atoms with van der Waals surface area (Å²) in [5.74, 6) is 0. The number of benzene rings is 1. The summed E-state index contributed by atoms with van der Waals surface area (Å²) >= 11 is 0. The van der Waals surface area contributed by atoms with E-state index in [4.69, 9.17) is 9.16 Å². The van der Waals surface area contributed by atoms with Gasteiger partial charge in [0.1, 0.15) is 0 Å². The van der Waals surface area contributed by atoms with E-state index < -0.39 is 0 Å². The molecule has 0 heterocycles. The van der Waals surface area contributed by atoms with E-state index in [-0.39, 0.29) is 0 Å². The first-order chi connectivity index (χ1) is 8.26. The van der Waals surface area contributed by atoms with Gasteiger partial charge >= 0.3 is 0 Å². The molecule has 0 saturated carbocycles. The normalized spacial score (nSPS) is 12.4. The predicted molar refractivity (Wildman–Crippen MR) is 73.0 cm³/mol. The van der Waals surface area contributed by atoms with Gasteiger partial charge in [0, 0.05) is 13.2 Å². The molecule has 1 unspecified atom stereocenters. The van der Waals surface area contributed by atoms with Crippen LogP contribution in [-0.4, -0.2) is 23.0 Å². The van der Waals surface area contributed by atoms with E-state index >= 15 is 0 Å². The Bertz CT molecular complexity index is 339. The fourth-order valence-corrected chi connectivity index (χ4v) is 2.13. The van der Waals surface area contributed by atoms with Crippen LogP contribution in [0.5, 0.6) is 0 Å². The Kier molecular flexibility index (Phi) is 6.85. The highest BCUT2D eigenvalue weighted by molar-refractivity contribution is 6.29. The summed E-state index contributed by atoms with van der Waals surface area (Å²) < 4.78 is 11.0. The second-order valence-electron chi connectivity index (χ2n) is 3.92. The molecule has 1 aromatic rings. The molecule has 3 heteroatoms. The molecule has 1 atom stereocenters. The third-order valence-electron chi connectivity index (χ3n) is 2.28. The predicted octanol–water partition coefficient (Wildman–Crippen LogP) is 3.31. The third kappa shape index (κ3) is 5.82. The molecule has 1 aromatic carbocycles. The van der Waals surface area contributed by atoms with Crippen molar-refractivity contribution in [2.75, 3.05) is 13.2 Å². The molecule has 0 N–H and O–H groups in total. The largest absolute Gasteiger partial charge is 0.413 e. The lowest BCUT2D eigenvalue weighted by Gasteiger charge is -2.10. The smallest absolute Gasteiger partial charge is 0.235 e. The summed E-state index contributed by atoms with van der Waals surface area (Å²) in [7, 11) is 0.488. The molecule has 0 fully saturated rings. The third-order valence-corrected chi connectivity index (χ3v) is 3.16. The quantitative estimate of drug-likeness (QED) is 0.657. The molecule has 0 amide bonds. The first-order valence-electron chi connectivity index (χ1n) is 5.92. The first kappa shape index (κ1) is 14.2. The van der Waals surface area contributed by atoms with Crippen molar-refractivity contribution >= 4 is 15.8 Å². The summed E-state index contributed by atoms with van der Waals surface area (Å²) in [6.45, 7) is 10.1. The number of hydrogen-bond donors (Lipinski definition) is 0. The fourth-order valence-electron chi connectivity index (χ4n) is 1.41. The van der Waals surface area contributed by atoms with Gasteiger partial charge in [-0.15, -0.1) is 0 Å². The molecule has 0 saturated heterocycles. The number of ether oxygens (including phenoxy) is 1. The molecule has 92 valence electrons. The molecule has 0 bridgehead atoms. The van der Waals surface area contributed by atoms with Crippen molar-refractivity contribution in [2.24, 2.45) is 0 Å². The molecule has 2 radical (unpaired) electrons. The molecule has 0 aliphatic carbocycles. The van der Waals surface area contributed by atoms with E-state index in [0.29, 0.717) is 21.9 Å². The average molecular weight is 248 g/mol. The van der Waals surface area contributed by atoms with Gasteiger partial charge in [0.05, 0.1) is 6.61 Å². The Balaban J connectivity index is 2.27. The molecular formula is C14H20O2Si. The van der Waals surface area contributed by atoms with Crippen molar-refractivity contribution < 1.29 is 9.16 Å². The van der Waals surface area contributed by atoms with Crippen LogP contribution in [0.2, 0.25) is 5.54 Å². The van der Waals surface area contributed by atoms with Crippen LogP contribution in [0.1, 0.15) is 25.0 Å². The topological polar surface area (TPSA) is 18.5 Å². The molecule has 0 spiro atoms. The monoisotopic (exact) mass is 248 g/mol. The summed E-state index contributed by atoms with van der Waals surface area (Å²) in [5, 5.41) is 0. The lowest BCUT2D eigenvalue weighted by molar-refractivity contribution is 0.144. The Morgan fingerprint density at radius 2 is 2.29 bits per heavy atom. The summed E-state index contributed by atoms with van der Waals surface area (Å²) in [5.41, 5.74) is 2.80. The SMILES string of the molecule is C=Cc1cccc(CO[Si]C(C)COCC)c1. The summed E-state index contributed by atoms with van der Waals surface area (Å²) in [4.78, 5) is 0. The van der Waals surface area contributed by atoms with Crippen molar-refractivity contribution in [3.05, 3.63) is 42.0 Å². The zero-order chi connectivity index (χ0) is 12.5. The molecule has 1 rings (SSSR count). The van der Waals surface area contributed by atoms with Crippen molar-refractivity contribution in [1.29, 1.82) is 0 Å². The first-order valence-corrected chi connectivity index (χ1v) is 6.91. The summed E-state index contributed by atoms with van der Waals surface area (Å²) in [6.07, 6.45) is 1.85. The molecular weight excluding hydrogens is 228 g/mol. The van der Waals surface area contributed by atoms with Crippen LogP contribution in [0.4, 0.5) is 0 Å². The van der Waals surface area contributed by atoms with Crippen LogP contribution in [0.3, 0.4) is 0 Å². The van der Waals surface area contributed by atoms with Gasteiger partial charge in [-0.25, -0.2) is 0 Å². The van der Waals surface area contributed by atoms with Gasteiger partial charge < -0.3 is 9.16 Å². The highest BCUT2D eigenvalue weighted by atomic mass is 28.2. The van der Waals surface area contributed by atoms with Gasteiger partial charge in [-0.3, -0.25) is 0 Å². The highest BCUT2D eigenvalue weighted by Crippen LogP contribution is 2.09. The van der Waals surface area contributed by atoms with Crippen molar-refractivity contribution in [3.8, 4) is 0 Å². The van der Waals surface area contributed by atoms with Crippen LogP contribution in [0, 0.1) is 0 Å². The van der Waals surface area contributed by atoms with Gasteiger partial charge in [0.25, 0.3) is 0 Å². The van der Waals surface area contributed by atoms with E-state index in [1.165, 1.54) is 5.56 Å². The van der Waals surface area contributed by atoms with E-state index in [2.05, 4.69) is 25.6 Å². The van der Waals surface area contributed by atoms with E-state index in [1.807, 2.05) is 25.1 Å². The molecule has 17 heavy (non-hydrogen) atoms. The van der Waals surface area contributed by atoms with Gasteiger partial charge in [-0.1, -0.05) is 37.8 Å². The van der Waals surface area contributed by atoms with Crippen molar-refractivity contribution in [2.45, 2.75) is 26.0 Å². The minimum atomic E-state index is 0.470. The molecule has 0 aliphatic rings. The van der Waals surface area contributed by atoms with E-state index in [0.717, 1.165) is 18.8 Å². The van der Waals surface area contributed by atoms with Crippen LogP contribution in [-0.2, 0) is 15.8 Å². The molecule has 0 aromatic heterocycles. The average Bonchev–Trinajstić information content (AvgIpc) is 2.36. The minimum absolute atomic E-state index is 0.470. The minimum Gasteiger partial charge on any atom is -0.413 e. The van der Waals surface area contributed by atoms with Crippen LogP contribution >= 0.6 is 0 Å².